The molecule has 2 nitrogen and oxygen atoms in total. The Balaban J connectivity index is 1.94. The van der Waals surface area contributed by atoms with Gasteiger partial charge < -0.3 is 0 Å². The van der Waals surface area contributed by atoms with E-state index in [1.165, 1.54) is 21.5 Å². The lowest BCUT2D eigenvalue weighted by molar-refractivity contribution is -0.113. The van der Waals surface area contributed by atoms with Crippen molar-refractivity contribution in [1.82, 2.24) is 0 Å². The van der Waals surface area contributed by atoms with Crippen molar-refractivity contribution < 1.29 is 4.79 Å². The summed E-state index contributed by atoms with van der Waals surface area (Å²) in [6, 6.07) is 9.05. The van der Waals surface area contributed by atoms with E-state index >= 15 is 0 Å². The molecule has 0 saturated carbocycles. The Bertz CT molecular complexity index is 813. The molecule has 112 valence electrons. The van der Waals surface area contributed by atoms with Crippen molar-refractivity contribution in [1.29, 1.82) is 0 Å². The summed E-state index contributed by atoms with van der Waals surface area (Å²) in [5.74, 6) is -0.139. The largest absolute Gasteiger partial charge is 0.270 e. The van der Waals surface area contributed by atoms with Crippen molar-refractivity contribution in [3.8, 4) is 0 Å². The molecule has 7 heteroatoms. The summed E-state index contributed by atoms with van der Waals surface area (Å²) in [5, 5.41) is 0.839. The third-order valence-electron chi connectivity index (χ3n) is 2.99. The van der Waals surface area contributed by atoms with Gasteiger partial charge in [0.15, 0.2) is 4.32 Å². The Hall–Kier alpha value is -0.850. The Morgan fingerprint density at radius 2 is 1.95 bits per heavy atom. The van der Waals surface area contributed by atoms with Crippen LogP contribution in [0, 0.1) is 6.92 Å². The Labute approximate surface area is 151 Å². The quantitative estimate of drug-likeness (QED) is 0.483. The minimum absolute atomic E-state index is 0.139. The number of carbonyl (C=O) groups excluding carboxylic acids is 1. The maximum absolute atomic E-state index is 12.6. The number of halogens is 2. The topological polar surface area (TPSA) is 20.3 Å². The molecule has 0 atom stereocenters. The third kappa shape index (κ3) is 3.09. The van der Waals surface area contributed by atoms with Gasteiger partial charge in [-0.05, 0) is 43.3 Å². The second-order valence-corrected chi connectivity index (χ2v) is 8.37. The van der Waals surface area contributed by atoms with Gasteiger partial charge in [0.2, 0.25) is 0 Å². The molecule has 0 N–H and O–H groups in total. The van der Waals surface area contributed by atoms with Crippen LogP contribution in [0.2, 0.25) is 10.0 Å². The second-order valence-electron chi connectivity index (χ2n) is 4.56. The number of thioether (sulfide) groups is 1. The number of hydrogen-bond donors (Lipinski definition) is 0. The lowest BCUT2D eigenvalue weighted by atomic mass is 10.3. The van der Waals surface area contributed by atoms with Gasteiger partial charge in [0.25, 0.3) is 5.91 Å². The zero-order chi connectivity index (χ0) is 15.9. The number of rotatable bonds is 2. The zero-order valence-electron chi connectivity index (χ0n) is 11.3. The van der Waals surface area contributed by atoms with E-state index in [-0.39, 0.29) is 5.91 Å². The van der Waals surface area contributed by atoms with Crippen LogP contribution in [0.3, 0.4) is 0 Å². The van der Waals surface area contributed by atoms with Gasteiger partial charge in [0.1, 0.15) is 0 Å². The fourth-order valence-electron chi connectivity index (χ4n) is 1.97. The molecule has 0 aliphatic carbocycles. The summed E-state index contributed by atoms with van der Waals surface area (Å²) in [7, 11) is 0. The molecular formula is C15H9Cl2NOS3. The SMILES string of the molecule is Cc1ccc(/C=C2\SC(=S)N(c3ccc(Cl)c(Cl)c3)C2=O)s1. The fraction of sp³-hybridized carbons (Fsp3) is 0.0667. The van der Waals surface area contributed by atoms with Gasteiger partial charge >= 0.3 is 0 Å². The van der Waals surface area contributed by atoms with Crippen LogP contribution in [-0.4, -0.2) is 10.2 Å². The van der Waals surface area contributed by atoms with Gasteiger partial charge in [-0.2, -0.15) is 0 Å². The van der Waals surface area contributed by atoms with Crippen LogP contribution in [0.4, 0.5) is 5.69 Å². The molecule has 22 heavy (non-hydrogen) atoms. The molecule has 1 aliphatic rings. The number of nitrogens with zero attached hydrogens (tertiary/aromatic N) is 1. The first kappa shape index (κ1) is 16.0. The van der Waals surface area contributed by atoms with E-state index in [1.807, 2.05) is 25.1 Å². The smallest absolute Gasteiger partial charge is 0.268 e. The minimum Gasteiger partial charge on any atom is -0.268 e. The van der Waals surface area contributed by atoms with E-state index in [4.69, 9.17) is 35.4 Å². The van der Waals surface area contributed by atoms with E-state index in [1.54, 1.807) is 29.5 Å². The van der Waals surface area contributed by atoms with E-state index in [0.717, 1.165) is 4.88 Å². The molecule has 0 spiro atoms. The number of thiophene rings is 1. The van der Waals surface area contributed by atoms with Gasteiger partial charge in [-0.25, -0.2) is 0 Å². The van der Waals surface area contributed by atoms with Gasteiger partial charge in [-0.15, -0.1) is 11.3 Å². The monoisotopic (exact) mass is 385 g/mol. The predicted octanol–water partition coefficient (Wildman–Crippen LogP) is 5.77. The van der Waals surface area contributed by atoms with Crippen molar-refractivity contribution in [2.24, 2.45) is 0 Å². The molecule has 1 saturated heterocycles. The summed E-state index contributed by atoms with van der Waals surface area (Å²) in [5.41, 5.74) is 0.627. The summed E-state index contributed by atoms with van der Waals surface area (Å²) in [6.07, 6.45) is 1.87. The van der Waals surface area contributed by atoms with Crippen molar-refractivity contribution in [2.75, 3.05) is 4.90 Å². The van der Waals surface area contributed by atoms with Gasteiger partial charge in [0.05, 0.1) is 20.6 Å². The highest BCUT2D eigenvalue weighted by Crippen LogP contribution is 2.38. The lowest BCUT2D eigenvalue weighted by Gasteiger charge is -2.15. The minimum atomic E-state index is -0.139. The van der Waals surface area contributed by atoms with Gasteiger partial charge in [-0.3, -0.25) is 9.69 Å². The summed E-state index contributed by atoms with van der Waals surface area (Å²) in [6.45, 7) is 2.03. The Morgan fingerprint density at radius 3 is 2.59 bits per heavy atom. The number of benzene rings is 1. The molecule has 1 aromatic heterocycles. The van der Waals surface area contributed by atoms with E-state index in [2.05, 4.69) is 0 Å². The number of hydrogen-bond acceptors (Lipinski definition) is 4. The molecule has 2 heterocycles. The van der Waals surface area contributed by atoms with Crippen molar-refractivity contribution >= 4 is 80.5 Å². The van der Waals surface area contributed by atoms with E-state index in [9.17, 15) is 4.79 Å². The first-order valence-corrected chi connectivity index (χ1v) is 9.05. The van der Waals surface area contributed by atoms with Crippen molar-refractivity contribution in [3.63, 3.8) is 0 Å². The van der Waals surface area contributed by atoms with Crippen LogP contribution in [0.5, 0.6) is 0 Å². The van der Waals surface area contributed by atoms with E-state index in [0.29, 0.717) is 25.0 Å². The predicted molar refractivity (Wildman–Crippen MR) is 101 cm³/mol. The normalized spacial score (nSPS) is 16.9. The van der Waals surface area contributed by atoms with Crippen LogP contribution in [0.15, 0.2) is 35.2 Å². The zero-order valence-corrected chi connectivity index (χ0v) is 15.3. The van der Waals surface area contributed by atoms with Crippen molar-refractivity contribution in [2.45, 2.75) is 6.92 Å². The summed E-state index contributed by atoms with van der Waals surface area (Å²) >= 11 is 20.2. The third-order valence-corrected chi connectivity index (χ3v) is 5.98. The van der Waals surface area contributed by atoms with Crippen LogP contribution < -0.4 is 4.90 Å². The van der Waals surface area contributed by atoms with Crippen LogP contribution in [0.1, 0.15) is 9.75 Å². The molecule has 2 aromatic rings. The Kier molecular flexibility index (Phi) is 4.61. The summed E-state index contributed by atoms with van der Waals surface area (Å²) in [4.78, 5) is 16.9. The molecule has 0 radical (unpaired) electrons. The molecule has 1 aliphatic heterocycles. The number of carbonyl (C=O) groups is 1. The standard InChI is InChI=1S/C15H9Cl2NOS3/c1-8-2-4-10(21-8)7-13-14(19)18(15(20)22-13)9-3-5-11(16)12(17)6-9/h2-7H,1H3/b13-7-. The molecule has 0 bridgehead atoms. The molecule has 1 aromatic carbocycles. The number of thiocarbonyl (C=S) groups is 1. The molecule has 3 rings (SSSR count). The van der Waals surface area contributed by atoms with Crippen LogP contribution >= 0.6 is 58.5 Å². The number of amides is 1. The maximum Gasteiger partial charge on any atom is 0.270 e. The molecule has 1 amide bonds. The van der Waals surface area contributed by atoms with E-state index < -0.39 is 0 Å². The highest BCUT2D eigenvalue weighted by molar-refractivity contribution is 8.27. The van der Waals surface area contributed by atoms with Crippen molar-refractivity contribution in [3.05, 3.63) is 55.0 Å². The molecule has 0 unspecified atom stereocenters. The average Bonchev–Trinajstić information content (AvgIpc) is 2.98. The highest BCUT2D eigenvalue weighted by Gasteiger charge is 2.33. The maximum atomic E-state index is 12.6. The fourth-order valence-corrected chi connectivity index (χ4v) is 4.45. The molecule has 1 fully saturated rings. The first-order valence-electron chi connectivity index (χ1n) is 6.25. The van der Waals surface area contributed by atoms with Crippen LogP contribution in [0.25, 0.3) is 6.08 Å². The lowest BCUT2D eigenvalue weighted by Crippen LogP contribution is -2.27. The second kappa shape index (κ2) is 6.34. The number of aryl methyl sites for hydroxylation is 1. The van der Waals surface area contributed by atoms with Gasteiger partial charge in [0, 0.05) is 9.75 Å². The average molecular weight is 386 g/mol. The molecular weight excluding hydrogens is 377 g/mol. The van der Waals surface area contributed by atoms with Gasteiger partial charge in [-0.1, -0.05) is 47.2 Å². The highest BCUT2D eigenvalue weighted by atomic mass is 35.5. The summed E-state index contributed by atoms with van der Waals surface area (Å²) < 4.78 is 0.489. The first-order chi connectivity index (χ1) is 10.5. The number of anilines is 1. The Morgan fingerprint density at radius 1 is 1.18 bits per heavy atom. The van der Waals surface area contributed by atoms with Crippen LogP contribution in [-0.2, 0) is 4.79 Å².